The van der Waals surface area contributed by atoms with Crippen LogP contribution < -0.4 is 10.1 Å². The Morgan fingerprint density at radius 1 is 1.08 bits per heavy atom. The molecular formula is C30H32N2O4. The monoisotopic (exact) mass is 484 g/mol. The van der Waals surface area contributed by atoms with Crippen LogP contribution in [0.3, 0.4) is 0 Å². The third-order valence-electron chi connectivity index (χ3n) is 6.78. The van der Waals surface area contributed by atoms with E-state index in [0.717, 1.165) is 72.5 Å². The molecule has 3 aromatic carbocycles. The average molecular weight is 485 g/mol. The van der Waals surface area contributed by atoms with Crippen LogP contribution in [0.5, 0.6) is 5.75 Å². The van der Waals surface area contributed by atoms with Gasteiger partial charge in [-0.25, -0.2) is 0 Å². The minimum atomic E-state index is -0.0985. The van der Waals surface area contributed by atoms with E-state index in [1.807, 2.05) is 25.1 Å². The number of furan rings is 1. The molecular weight excluding hydrogens is 452 g/mol. The summed E-state index contributed by atoms with van der Waals surface area (Å²) in [6.45, 7) is 7.06. The number of nitrogens with one attached hydrogen (secondary N) is 1. The van der Waals surface area contributed by atoms with Gasteiger partial charge in [0.1, 0.15) is 11.3 Å². The second-order valence-electron chi connectivity index (χ2n) is 9.19. The molecule has 186 valence electrons. The number of fused-ring (bicyclic) bond motifs is 2. The number of hydrogen-bond acceptors (Lipinski definition) is 5. The van der Waals surface area contributed by atoms with Gasteiger partial charge in [-0.3, -0.25) is 9.69 Å². The predicted octanol–water partition coefficient (Wildman–Crippen LogP) is 5.50. The quantitative estimate of drug-likeness (QED) is 0.264. The largest absolute Gasteiger partial charge is 0.496 e. The van der Waals surface area contributed by atoms with Gasteiger partial charge in [-0.1, -0.05) is 36.4 Å². The minimum absolute atomic E-state index is 0.0985. The normalized spacial score (nSPS) is 14.9. The van der Waals surface area contributed by atoms with E-state index in [1.54, 1.807) is 19.4 Å². The maximum atomic E-state index is 12.6. The van der Waals surface area contributed by atoms with Crippen molar-refractivity contribution < 1.29 is 18.7 Å². The Labute approximate surface area is 211 Å². The van der Waals surface area contributed by atoms with Gasteiger partial charge < -0.3 is 19.2 Å². The maximum absolute atomic E-state index is 12.6. The Hall–Kier alpha value is -3.61. The average Bonchev–Trinajstić information content (AvgIpc) is 3.33. The lowest BCUT2D eigenvalue weighted by Gasteiger charge is -2.26. The van der Waals surface area contributed by atoms with E-state index in [1.165, 1.54) is 10.8 Å². The van der Waals surface area contributed by atoms with E-state index in [0.29, 0.717) is 12.3 Å². The highest BCUT2D eigenvalue weighted by atomic mass is 16.5. The molecule has 36 heavy (non-hydrogen) atoms. The summed E-state index contributed by atoms with van der Waals surface area (Å²) < 4.78 is 16.9. The molecule has 2 heterocycles. The van der Waals surface area contributed by atoms with Crippen molar-refractivity contribution in [2.24, 2.45) is 0 Å². The molecule has 0 spiro atoms. The van der Waals surface area contributed by atoms with Crippen molar-refractivity contribution >= 4 is 33.2 Å². The summed E-state index contributed by atoms with van der Waals surface area (Å²) in [6, 6.07) is 18.7. The smallest absolute Gasteiger partial charge is 0.244 e. The zero-order valence-electron chi connectivity index (χ0n) is 20.9. The first-order valence-corrected chi connectivity index (χ1v) is 12.5. The second kappa shape index (κ2) is 11.0. The van der Waals surface area contributed by atoms with E-state index in [2.05, 4.69) is 46.6 Å². The molecule has 1 aliphatic heterocycles. The summed E-state index contributed by atoms with van der Waals surface area (Å²) in [6.07, 6.45) is 4.35. The molecule has 6 heteroatoms. The highest BCUT2D eigenvalue weighted by molar-refractivity contribution is 6.01. The van der Waals surface area contributed by atoms with E-state index >= 15 is 0 Å². The number of allylic oxidation sites excluding steroid dienone is 1. The number of morpholine rings is 1. The van der Waals surface area contributed by atoms with Gasteiger partial charge in [-0.05, 0) is 53.9 Å². The molecule has 1 aliphatic rings. The first-order valence-electron chi connectivity index (χ1n) is 12.5. The van der Waals surface area contributed by atoms with E-state index in [9.17, 15) is 4.79 Å². The van der Waals surface area contributed by atoms with Gasteiger partial charge in [0.25, 0.3) is 0 Å². The molecule has 0 bridgehead atoms. The van der Waals surface area contributed by atoms with Crippen molar-refractivity contribution in [1.29, 1.82) is 0 Å². The van der Waals surface area contributed by atoms with Gasteiger partial charge in [0.15, 0.2) is 0 Å². The summed E-state index contributed by atoms with van der Waals surface area (Å²) in [4.78, 5) is 15.0. The zero-order valence-corrected chi connectivity index (χ0v) is 20.9. The lowest BCUT2D eigenvalue weighted by molar-refractivity contribution is -0.116. The van der Waals surface area contributed by atoms with Gasteiger partial charge in [0.05, 0.1) is 26.6 Å². The molecule has 1 saturated heterocycles. The molecule has 5 rings (SSSR count). The fourth-order valence-electron chi connectivity index (χ4n) is 4.78. The molecule has 0 radical (unpaired) electrons. The fourth-order valence-corrected chi connectivity index (χ4v) is 4.78. The van der Waals surface area contributed by atoms with Gasteiger partial charge >= 0.3 is 0 Å². The number of ether oxygens (including phenoxy) is 2. The number of benzene rings is 3. The number of carbonyl (C=O) groups excluding carboxylic acids is 1. The van der Waals surface area contributed by atoms with E-state index < -0.39 is 0 Å². The summed E-state index contributed by atoms with van der Waals surface area (Å²) in [7, 11) is 1.64. The molecule has 0 aliphatic carbocycles. The van der Waals surface area contributed by atoms with Gasteiger partial charge in [-0.2, -0.15) is 0 Å². The number of carbonyl (C=O) groups is 1. The Bertz CT molecular complexity index is 1400. The molecule has 0 saturated carbocycles. The fraction of sp³-hybridized carbons (Fsp3) is 0.300. The Morgan fingerprint density at radius 3 is 2.69 bits per heavy atom. The lowest BCUT2D eigenvalue weighted by atomic mass is 9.97. The number of methoxy groups -OCH3 is 1. The van der Waals surface area contributed by atoms with Crippen molar-refractivity contribution in [1.82, 2.24) is 10.2 Å². The topological polar surface area (TPSA) is 63.9 Å². The number of nitrogens with zero attached hydrogens (tertiary/aromatic N) is 1. The molecule has 0 atom stereocenters. The Morgan fingerprint density at radius 2 is 1.89 bits per heavy atom. The highest BCUT2D eigenvalue weighted by Gasteiger charge is 2.15. The van der Waals surface area contributed by atoms with Crippen LogP contribution in [0.4, 0.5) is 0 Å². The summed E-state index contributed by atoms with van der Waals surface area (Å²) in [5.74, 6) is 0.578. The zero-order chi connectivity index (χ0) is 24.9. The minimum Gasteiger partial charge on any atom is -0.496 e. The van der Waals surface area contributed by atoms with Crippen LogP contribution in [0.1, 0.15) is 18.9 Å². The predicted molar refractivity (Wildman–Crippen MR) is 144 cm³/mol. The molecule has 1 N–H and O–H groups in total. The van der Waals surface area contributed by atoms with Gasteiger partial charge in [0, 0.05) is 48.3 Å². The van der Waals surface area contributed by atoms with Crippen molar-refractivity contribution in [2.45, 2.75) is 13.3 Å². The van der Waals surface area contributed by atoms with Crippen LogP contribution in [0.2, 0.25) is 0 Å². The molecule has 1 aromatic heterocycles. The van der Waals surface area contributed by atoms with Crippen molar-refractivity contribution in [2.75, 3.05) is 46.5 Å². The maximum Gasteiger partial charge on any atom is 0.244 e. The van der Waals surface area contributed by atoms with Crippen LogP contribution >= 0.6 is 0 Å². The summed E-state index contributed by atoms with van der Waals surface area (Å²) >= 11 is 0. The highest BCUT2D eigenvalue weighted by Crippen LogP contribution is 2.38. The van der Waals surface area contributed by atoms with Crippen molar-refractivity contribution in [3.8, 4) is 16.9 Å². The third kappa shape index (κ3) is 5.30. The molecule has 4 aromatic rings. The summed E-state index contributed by atoms with van der Waals surface area (Å²) in [5.41, 5.74) is 4.56. The van der Waals surface area contributed by atoms with Crippen LogP contribution in [-0.4, -0.2) is 57.3 Å². The van der Waals surface area contributed by atoms with Crippen LogP contribution in [0.15, 0.2) is 71.4 Å². The molecule has 1 amide bonds. The first kappa shape index (κ1) is 24.1. The SMILES string of the molecule is COc1cc2occ(-c3ccc4ccccc4c3)c2cc1/C(C)=C/C(=O)NCCCN1CCOCC1. The number of hydrogen-bond donors (Lipinski definition) is 1. The van der Waals surface area contributed by atoms with E-state index in [4.69, 9.17) is 13.9 Å². The first-order chi connectivity index (χ1) is 17.6. The summed E-state index contributed by atoms with van der Waals surface area (Å²) in [5, 5.41) is 6.38. The Kier molecular flexibility index (Phi) is 7.35. The van der Waals surface area contributed by atoms with Crippen molar-refractivity contribution in [3.05, 3.63) is 72.5 Å². The standard InChI is InChI=1S/C30H32N2O4/c1-21(16-30(33)31-10-5-11-32-12-14-35-15-13-32)25-18-26-27(20-36-29(26)19-28(25)34-2)24-9-8-22-6-3-4-7-23(22)17-24/h3-4,6-9,16-20H,5,10-15H2,1-2H3,(H,31,33)/b21-16+. The van der Waals surface area contributed by atoms with Crippen LogP contribution in [-0.2, 0) is 9.53 Å². The van der Waals surface area contributed by atoms with Crippen molar-refractivity contribution in [3.63, 3.8) is 0 Å². The van der Waals surface area contributed by atoms with Crippen LogP contribution in [0.25, 0.3) is 38.4 Å². The molecule has 1 fully saturated rings. The molecule has 0 unspecified atom stereocenters. The lowest BCUT2D eigenvalue weighted by Crippen LogP contribution is -2.38. The molecule has 6 nitrogen and oxygen atoms in total. The number of amides is 1. The van der Waals surface area contributed by atoms with Crippen LogP contribution in [0, 0.1) is 0 Å². The third-order valence-corrected chi connectivity index (χ3v) is 6.78. The number of rotatable bonds is 8. The van der Waals surface area contributed by atoms with E-state index in [-0.39, 0.29) is 5.91 Å². The van der Waals surface area contributed by atoms with Gasteiger partial charge in [-0.15, -0.1) is 0 Å². The second-order valence-corrected chi connectivity index (χ2v) is 9.19. The Balaban J connectivity index is 1.34. The van der Waals surface area contributed by atoms with Gasteiger partial charge in [0.2, 0.25) is 5.91 Å².